The quantitative estimate of drug-likeness (QED) is 0.809. The fourth-order valence-corrected chi connectivity index (χ4v) is 1.37. The van der Waals surface area contributed by atoms with Gasteiger partial charge in [-0.2, -0.15) is 0 Å². The summed E-state index contributed by atoms with van der Waals surface area (Å²) in [4.78, 5) is 11.6. The van der Waals surface area contributed by atoms with Crippen molar-refractivity contribution in [2.24, 2.45) is 0 Å². The van der Waals surface area contributed by atoms with E-state index in [0.717, 1.165) is 12.6 Å². The van der Waals surface area contributed by atoms with Crippen LogP contribution in [0.15, 0.2) is 12.1 Å². The van der Waals surface area contributed by atoms with Crippen LogP contribution in [0.2, 0.25) is 0 Å². The Morgan fingerprint density at radius 3 is 2.50 bits per heavy atom. The van der Waals surface area contributed by atoms with Crippen molar-refractivity contribution < 1.29 is 13.6 Å². The molecule has 6 heteroatoms. The van der Waals surface area contributed by atoms with Gasteiger partial charge in [0.15, 0.2) is 0 Å². The second-order valence-electron chi connectivity index (χ2n) is 3.69. The van der Waals surface area contributed by atoms with Gasteiger partial charge in [-0.05, 0) is 25.1 Å². The van der Waals surface area contributed by atoms with Gasteiger partial charge in [-0.25, -0.2) is 8.78 Å². The zero-order valence-corrected chi connectivity index (χ0v) is 11.2. The van der Waals surface area contributed by atoms with Gasteiger partial charge in [0.05, 0.1) is 5.56 Å². The zero-order valence-electron chi connectivity index (χ0n) is 10.3. The molecule has 1 aromatic carbocycles. The number of benzene rings is 1. The van der Waals surface area contributed by atoms with Crippen LogP contribution in [0.4, 0.5) is 8.78 Å². The number of carbonyl (C=O) groups is 1. The number of carbonyl (C=O) groups excluding carboxylic acids is 1. The van der Waals surface area contributed by atoms with E-state index in [9.17, 15) is 13.6 Å². The van der Waals surface area contributed by atoms with E-state index < -0.39 is 17.5 Å². The summed E-state index contributed by atoms with van der Waals surface area (Å²) in [5.74, 6) is -2.01. The Morgan fingerprint density at radius 2 is 1.89 bits per heavy atom. The lowest BCUT2D eigenvalue weighted by atomic mass is 10.1. The van der Waals surface area contributed by atoms with Crippen LogP contribution in [0.1, 0.15) is 22.8 Å². The zero-order chi connectivity index (χ0) is 12.8. The second-order valence-corrected chi connectivity index (χ2v) is 3.69. The van der Waals surface area contributed by atoms with Gasteiger partial charge in [0.2, 0.25) is 0 Å². The summed E-state index contributed by atoms with van der Waals surface area (Å²) in [6.45, 7) is 5.27. The average Bonchev–Trinajstić information content (AvgIpc) is 2.29. The van der Waals surface area contributed by atoms with Gasteiger partial charge in [-0.1, -0.05) is 6.92 Å². The van der Waals surface area contributed by atoms with Gasteiger partial charge in [0.25, 0.3) is 5.91 Å². The highest BCUT2D eigenvalue weighted by atomic mass is 35.5. The van der Waals surface area contributed by atoms with Gasteiger partial charge >= 0.3 is 0 Å². The summed E-state index contributed by atoms with van der Waals surface area (Å²) >= 11 is 0. The highest BCUT2D eigenvalue weighted by molar-refractivity contribution is 5.94. The first-order chi connectivity index (χ1) is 8.06. The third-order valence-corrected chi connectivity index (χ3v) is 2.33. The number of aryl methyl sites for hydroxylation is 1. The molecule has 3 nitrogen and oxygen atoms in total. The number of hydrogen-bond acceptors (Lipinski definition) is 2. The fraction of sp³-hybridized carbons (Fsp3) is 0.417. The van der Waals surface area contributed by atoms with Crippen molar-refractivity contribution in [1.82, 2.24) is 10.6 Å². The second kappa shape index (κ2) is 8.00. The molecule has 18 heavy (non-hydrogen) atoms. The molecule has 0 spiro atoms. The Morgan fingerprint density at radius 1 is 1.22 bits per heavy atom. The highest BCUT2D eigenvalue weighted by Gasteiger charge is 2.13. The predicted octanol–water partition coefficient (Wildman–Crippen LogP) is 2.03. The first-order valence-corrected chi connectivity index (χ1v) is 5.50. The minimum Gasteiger partial charge on any atom is -0.351 e. The SMILES string of the molecule is CCNCCNC(=O)c1cc(C)c(F)cc1F.Cl. The van der Waals surface area contributed by atoms with Gasteiger partial charge in [-0.3, -0.25) is 4.79 Å². The van der Waals surface area contributed by atoms with Crippen molar-refractivity contribution in [1.29, 1.82) is 0 Å². The Kier molecular flexibility index (Phi) is 7.47. The van der Waals surface area contributed by atoms with Crippen LogP contribution in [0.3, 0.4) is 0 Å². The van der Waals surface area contributed by atoms with Crippen molar-refractivity contribution >= 4 is 18.3 Å². The number of amides is 1. The normalized spacial score (nSPS) is 9.78. The molecule has 0 atom stereocenters. The standard InChI is InChI=1S/C12H16F2N2O.ClH/c1-3-15-4-5-16-12(17)9-6-8(2)10(13)7-11(9)14;/h6-7,15H,3-5H2,1-2H3,(H,16,17);1H. The maximum absolute atomic E-state index is 13.3. The Hall–Kier alpha value is -1.20. The third kappa shape index (κ3) is 4.58. The summed E-state index contributed by atoms with van der Waals surface area (Å²) in [7, 11) is 0. The Bertz CT molecular complexity index is 413. The number of nitrogens with one attached hydrogen (secondary N) is 2. The van der Waals surface area contributed by atoms with Crippen molar-refractivity contribution in [3.8, 4) is 0 Å². The summed E-state index contributed by atoms with van der Waals surface area (Å²) in [6, 6.07) is 1.95. The van der Waals surface area contributed by atoms with E-state index >= 15 is 0 Å². The number of rotatable bonds is 5. The van der Waals surface area contributed by atoms with Gasteiger partial charge in [0.1, 0.15) is 11.6 Å². The summed E-state index contributed by atoms with van der Waals surface area (Å²) in [6.07, 6.45) is 0. The molecule has 0 unspecified atom stereocenters. The minimum atomic E-state index is -0.839. The molecule has 0 aliphatic heterocycles. The summed E-state index contributed by atoms with van der Waals surface area (Å²) in [5, 5.41) is 5.58. The average molecular weight is 279 g/mol. The summed E-state index contributed by atoms with van der Waals surface area (Å²) in [5.41, 5.74) is 0.128. The monoisotopic (exact) mass is 278 g/mol. The topological polar surface area (TPSA) is 41.1 Å². The molecule has 1 rings (SSSR count). The first kappa shape index (κ1) is 16.8. The molecular weight excluding hydrogens is 262 g/mol. The van der Waals surface area contributed by atoms with E-state index in [-0.39, 0.29) is 23.5 Å². The molecule has 0 saturated carbocycles. The molecule has 2 N–H and O–H groups in total. The number of hydrogen-bond donors (Lipinski definition) is 2. The lowest BCUT2D eigenvalue weighted by molar-refractivity contribution is 0.0949. The minimum absolute atomic E-state index is 0. The number of likely N-dealkylation sites (N-methyl/N-ethyl adjacent to an activating group) is 1. The highest BCUT2D eigenvalue weighted by Crippen LogP contribution is 2.13. The van der Waals surface area contributed by atoms with E-state index in [1.54, 1.807) is 0 Å². The lowest BCUT2D eigenvalue weighted by Crippen LogP contribution is -2.32. The van der Waals surface area contributed by atoms with Gasteiger partial charge in [0, 0.05) is 19.2 Å². The van der Waals surface area contributed by atoms with E-state index in [2.05, 4.69) is 10.6 Å². The van der Waals surface area contributed by atoms with Crippen LogP contribution in [0.5, 0.6) is 0 Å². The van der Waals surface area contributed by atoms with E-state index in [1.807, 2.05) is 6.92 Å². The van der Waals surface area contributed by atoms with Crippen LogP contribution >= 0.6 is 12.4 Å². The van der Waals surface area contributed by atoms with Gasteiger partial charge < -0.3 is 10.6 Å². The molecule has 0 aliphatic carbocycles. The molecule has 1 aromatic rings. The molecular formula is C12H17ClF2N2O. The molecule has 102 valence electrons. The van der Waals surface area contributed by atoms with Crippen molar-refractivity contribution in [3.05, 3.63) is 34.9 Å². The molecule has 0 saturated heterocycles. The van der Waals surface area contributed by atoms with Crippen LogP contribution in [0, 0.1) is 18.6 Å². The van der Waals surface area contributed by atoms with Gasteiger partial charge in [-0.15, -0.1) is 12.4 Å². The lowest BCUT2D eigenvalue weighted by Gasteiger charge is -2.07. The third-order valence-electron chi connectivity index (χ3n) is 2.33. The molecule has 0 aromatic heterocycles. The fourth-order valence-electron chi connectivity index (χ4n) is 1.37. The Balaban J connectivity index is 0.00000289. The van der Waals surface area contributed by atoms with E-state index in [1.165, 1.54) is 13.0 Å². The first-order valence-electron chi connectivity index (χ1n) is 5.50. The van der Waals surface area contributed by atoms with Crippen LogP contribution in [-0.2, 0) is 0 Å². The Labute approximate surface area is 111 Å². The van der Waals surface area contributed by atoms with Crippen LogP contribution in [0.25, 0.3) is 0 Å². The van der Waals surface area contributed by atoms with Crippen molar-refractivity contribution in [3.63, 3.8) is 0 Å². The van der Waals surface area contributed by atoms with Crippen LogP contribution in [-0.4, -0.2) is 25.5 Å². The molecule has 0 fully saturated rings. The van der Waals surface area contributed by atoms with E-state index in [4.69, 9.17) is 0 Å². The predicted molar refractivity (Wildman–Crippen MR) is 69.2 cm³/mol. The number of halogens is 3. The van der Waals surface area contributed by atoms with Crippen molar-refractivity contribution in [2.45, 2.75) is 13.8 Å². The largest absolute Gasteiger partial charge is 0.351 e. The maximum atomic E-state index is 13.3. The smallest absolute Gasteiger partial charge is 0.254 e. The van der Waals surface area contributed by atoms with Crippen molar-refractivity contribution in [2.75, 3.05) is 19.6 Å². The van der Waals surface area contributed by atoms with Crippen LogP contribution < -0.4 is 10.6 Å². The molecule has 0 radical (unpaired) electrons. The maximum Gasteiger partial charge on any atom is 0.254 e. The molecule has 0 aliphatic rings. The summed E-state index contributed by atoms with van der Waals surface area (Å²) < 4.78 is 26.3. The molecule has 1 amide bonds. The molecule has 0 heterocycles. The molecule has 0 bridgehead atoms. The van der Waals surface area contributed by atoms with E-state index in [0.29, 0.717) is 13.1 Å².